The molecule has 0 spiro atoms. The van der Waals surface area contributed by atoms with Gasteiger partial charge in [-0.25, -0.2) is 4.79 Å². The molecule has 1 aliphatic heterocycles. The van der Waals surface area contributed by atoms with E-state index in [0.29, 0.717) is 32.1 Å². The topological polar surface area (TPSA) is 53.3 Å². The van der Waals surface area contributed by atoms with Gasteiger partial charge in [0.2, 0.25) is 0 Å². The maximum Gasteiger partial charge on any atom is 0.359 e. The first kappa shape index (κ1) is 12.9. The first-order valence-corrected chi connectivity index (χ1v) is 6.71. The van der Waals surface area contributed by atoms with Crippen LogP contribution in [0.5, 0.6) is 0 Å². The molecule has 0 fully saturated rings. The second kappa shape index (κ2) is 5.46. The highest BCUT2D eigenvalue weighted by Crippen LogP contribution is 2.30. The first-order valence-electron chi connectivity index (χ1n) is 6.71. The van der Waals surface area contributed by atoms with E-state index in [0.717, 1.165) is 16.8 Å². The molecule has 0 aliphatic carbocycles. The van der Waals surface area contributed by atoms with E-state index in [1.807, 2.05) is 35.0 Å². The number of carbonyl (C=O) groups is 1. The minimum Gasteiger partial charge on any atom is -0.461 e. The largest absolute Gasteiger partial charge is 0.461 e. The Morgan fingerprint density at radius 1 is 1.40 bits per heavy atom. The van der Waals surface area contributed by atoms with Gasteiger partial charge in [-0.2, -0.15) is 5.10 Å². The van der Waals surface area contributed by atoms with Gasteiger partial charge in [0.1, 0.15) is 0 Å². The average molecular weight is 272 g/mol. The molecular weight excluding hydrogens is 256 g/mol. The molecule has 1 aliphatic rings. The summed E-state index contributed by atoms with van der Waals surface area (Å²) in [4.78, 5) is 12.1. The Bertz CT molecular complexity index is 620. The molecule has 0 saturated carbocycles. The number of nitrogens with zero attached hydrogens (tertiary/aromatic N) is 2. The maximum atomic E-state index is 12.1. The van der Waals surface area contributed by atoms with Crippen LogP contribution in [0.2, 0.25) is 0 Å². The summed E-state index contributed by atoms with van der Waals surface area (Å²) in [7, 11) is 0. The molecule has 0 N–H and O–H groups in total. The number of aromatic nitrogens is 2. The van der Waals surface area contributed by atoms with Crippen LogP contribution in [-0.2, 0) is 22.6 Å². The fourth-order valence-electron chi connectivity index (χ4n) is 2.40. The van der Waals surface area contributed by atoms with Crippen LogP contribution in [0, 0.1) is 0 Å². The van der Waals surface area contributed by atoms with E-state index in [-0.39, 0.29) is 5.97 Å². The molecule has 2 aromatic rings. The molecule has 104 valence electrons. The highest BCUT2D eigenvalue weighted by atomic mass is 16.5. The molecular formula is C15H16N2O3. The molecule has 1 aromatic carbocycles. The van der Waals surface area contributed by atoms with Crippen LogP contribution in [0.25, 0.3) is 11.1 Å². The number of hydrogen-bond donors (Lipinski definition) is 0. The number of esters is 1. The van der Waals surface area contributed by atoms with Crippen molar-refractivity contribution in [3.05, 3.63) is 41.7 Å². The van der Waals surface area contributed by atoms with Crippen molar-refractivity contribution in [1.29, 1.82) is 0 Å². The number of carbonyl (C=O) groups excluding carboxylic acids is 1. The monoisotopic (exact) mass is 272 g/mol. The molecule has 0 radical (unpaired) electrons. The second-order valence-corrected chi connectivity index (χ2v) is 4.53. The lowest BCUT2D eigenvalue weighted by Crippen LogP contribution is -2.17. The number of ether oxygens (including phenoxy) is 2. The van der Waals surface area contributed by atoms with Crippen molar-refractivity contribution < 1.29 is 14.3 Å². The van der Waals surface area contributed by atoms with Gasteiger partial charge in [0.15, 0.2) is 5.69 Å². The Morgan fingerprint density at radius 2 is 2.20 bits per heavy atom. The van der Waals surface area contributed by atoms with Crippen molar-refractivity contribution in [2.45, 2.75) is 20.1 Å². The Balaban J connectivity index is 2.14. The van der Waals surface area contributed by atoms with Gasteiger partial charge in [-0.05, 0) is 12.5 Å². The lowest BCUT2D eigenvalue weighted by molar-refractivity contribution is 0.0517. The third-order valence-corrected chi connectivity index (χ3v) is 3.28. The van der Waals surface area contributed by atoms with Crippen LogP contribution in [0.3, 0.4) is 0 Å². The molecule has 20 heavy (non-hydrogen) atoms. The summed E-state index contributed by atoms with van der Waals surface area (Å²) < 4.78 is 12.5. The molecule has 1 aromatic heterocycles. The number of rotatable bonds is 3. The molecule has 5 heteroatoms. The van der Waals surface area contributed by atoms with Crippen molar-refractivity contribution in [2.75, 3.05) is 13.2 Å². The first-order chi connectivity index (χ1) is 9.81. The minimum atomic E-state index is -0.381. The van der Waals surface area contributed by atoms with Gasteiger partial charge >= 0.3 is 5.97 Å². The van der Waals surface area contributed by atoms with Gasteiger partial charge in [0.25, 0.3) is 0 Å². The Morgan fingerprint density at radius 3 is 2.95 bits per heavy atom. The van der Waals surface area contributed by atoms with Gasteiger partial charge in [-0.3, -0.25) is 4.68 Å². The summed E-state index contributed by atoms with van der Waals surface area (Å²) in [5.41, 5.74) is 3.09. The molecule has 5 nitrogen and oxygen atoms in total. The van der Waals surface area contributed by atoms with E-state index in [2.05, 4.69) is 5.10 Å². The van der Waals surface area contributed by atoms with E-state index in [4.69, 9.17) is 9.47 Å². The number of hydrogen-bond acceptors (Lipinski definition) is 4. The molecule has 0 bridgehead atoms. The number of fused-ring (bicyclic) bond motifs is 1. The standard InChI is InChI=1S/C15H16N2O3/c1-2-20-15(18)14-13(11-6-4-3-5-7-11)12-10-19-9-8-17(12)16-14/h3-7H,2,8-10H2,1H3. The van der Waals surface area contributed by atoms with Crippen LogP contribution in [0.15, 0.2) is 30.3 Å². The van der Waals surface area contributed by atoms with Crippen molar-refractivity contribution in [1.82, 2.24) is 9.78 Å². The third kappa shape index (κ3) is 2.20. The second-order valence-electron chi connectivity index (χ2n) is 4.53. The third-order valence-electron chi connectivity index (χ3n) is 3.28. The summed E-state index contributed by atoms with van der Waals surface area (Å²) in [5, 5.41) is 4.41. The average Bonchev–Trinajstić information content (AvgIpc) is 2.88. The van der Waals surface area contributed by atoms with Crippen LogP contribution in [-0.4, -0.2) is 29.0 Å². The summed E-state index contributed by atoms with van der Waals surface area (Å²) >= 11 is 0. The summed E-state index contributed by atoms with van der Waals surface area (Å²) in [6, 6.07) is 9.76. The van der Waals surface area contributed by atoms with Gasteiger partial charge < -0.3 is 9.47 Å². The van der Waals surface area contributed by atoms with E-state index < -0.39 is 0 Å². The Hall–Kier alpha value is -2.14. The molecule has 0 atom stereocenters. The molecule has 2 heterocycles. The molecule has 3 rings (SSSR count). The van der Waals surface area contributed by atoms with Crippen molar-refractivity contribution in [3.8, 4) is 11.1 Å². The highest BCUT2D eigenvalue weighted by molar-refractivity contribution is 5.96. The summed E-state index contributed by atoms with van der Waals surface area (Å²) in [6.07, 6.45) is 0. The Kier molecular flexibility index (Phi) is 3.52. The lowest BCUT2D eigenvalue weighted by atomic mass is 10.0. The molecule has 0 unspecified atom stereocenters. The Labute approximate surface area is 117 Å². The zero-order chi connectivity index (χ0) is 13.9. The maximum absolute atomic E-state index is 12.1. The van der Waals surface area contributed by atoms with Crippen LogP contribution >= 0.6 is 0 Å². The zero-order valence-corrected chi connectivity index (χ0v) is 11.3. The SMILES string of the molecule is CCOC(=O)c1nn2c(c1-c1ccccc1)COCC2. The van der Waals surface area contributed by atoms with Crippen LogP contribution in [0.4, 0.5) is 0 Å². The fraction of sp³-hybridized carbons (Fsp3) is 0.333. The van der Waals surface area contributed by atoms with E-state index in [9.17, 15) is 4.79 Å². The zero-order valence-electron chi connectivity index (χ0n) is 11.3. The van der Waals surface area contributed by atoms with E-state index >= 15 is 0 Å². The normalized spacial score (nSPS) is 13.8. The van der Waals surface area contributed by atoms with Crippen LogP contribution < -0.4 is 0 Å². The smallest absolute Gasteiger partial charge is 0.359 e. The molecule has 0 amide bonds. The highest BCUT2D eigenvalue weighted by Gasteiger charge is 2.26. The van der Waals surface area contributed by atoms with Gasteiger partial charge in [-0.15, -0.1) is 0 Å². The van der Waals surface area contributed by atoms with Gasteiger partial charge in [0, 0.05) is 5.56 Å². The van der Waals surface area contributed by atoms with Crippen molar-refractivity contribution >= 4 is 5.97 Å². The van der Waals surface area contributed by atoms with Gasteiger partial charge in [-0.1, -0.05) is 30.3 Å². The quantitative estimate of drug-likeness (QED) is 0.804. The predicted molar refractivity (Wildman–Crippen MR) is 73.3 cm³/mol. The van der Waals surface area contributed by atoms with E-state index in [1.165, 1.54) is 0 Å². The van der Waals surface area contributed by atoms with Crippen molar-refractivity contribution in [2.24, 2.45) is 0 Å². The van der Waals surface area contributed by atoms with E-state index in [1.54, 1.807) is 6.92 Å². The summed E-state index contributed by atoms with van der Waals surface area (Å²) in [6.45, 7) is 3.88. The summed E-state index contributed by atoms with van der Waals surface area (Å²) in [5.74, 6) is -0.381. The lowest BCUT2D eigenvalue weighted by Gasteiger charge is -2.15. The predicted octanol–water partition coefficient (Wildman–Crippen LogP) is 2.26. The fourth-order valence-corrected chi connectivity index (χ4v) is 2.40. The van der Waals surface area contributed by atoms with Gasteiger partial charge in [0.05, 0.1) is 32.1 Å². The molecule has 0 saturated heterocycles. The van der Waals surface area contributed by atoms with Crippen molar-refractivity contribution in [3.63, 3.8) is 0 Å². The van der Waals surface area contributed by atoms with Crippen LogP contribution in [0.1, 0.15) is 23.1 Å². The minimum absolute atomic E-state index is 0.339. The number of benzene rings is 1.